The number of carbonyl (C=O) groups excluding carboxylic acids is 3. The van der Waals surface area contributed by atoms with E-state index >= 15 is 0 Å². The quantitative estimate of drug-likeness (QED) is 0.212. The van der Waals surface area contributed by atoms with Crippen LogP contribution in [-0.2, 0) is 16.0 Å². The molecule has 0 bridgehead atoms. The van der Waals surface area contributed by atoms with Crippen molar-refractivity contribution in [1.82, 2.24) is 20.5 Å². The maximum atomic E-state index is 14.5. The molecule has 2 aromatic carbocycles. The summed E-state index contributed by atoms with van der Waals surface area (Å²) >= 11 is 0. The second-order valence-corrected chi connectivity index (χ2v) is 13.1. The van der Waals surface area contributed by atoms with Gasteiger partial charge in [0.1, 0.15) is 5.75 Å². The number of aryl methyl sites for hydroxylation is 2. The van der Waals surface area contributed by atoms with E-state index in [0.717, 1.165) is 16.7 Å². The van der Waals surface area contributed by atoms with Gasteiger partial charge >= 0.3 is 6.03 Å². The molecule has 5 atom stereocenters. The molecule has 0 spiro atoms. The minimum Gasteiger partial charge on any atom is -0.482 e. The van der Waals surface area contributed by atoms with Crippen molar-refractivity contribution in [1.29, 1.82) is 0 Å². The van der Waals surface area contributed by atoms with E-state index in [1.807, 2.05) is 88.4 Å². The molecule has 4 rings (SSSR count). The Morgan fingerprint density at radius 1 is 1.07 bits per heavy atom. The standard InChI is InChI=1S/C36H47N5O5/c1-23-16-17-38-24(2)33(23)46-22-29(43)40-31(30(37)26-14-10-7-11-15-26)28(42)21-27(20-25-12-8-6-9-13-25)32(44)34(36(3,4)5)41-19-18-39-35(41)45/h6-17,27-28,30-31,34,42H,18-22,37H2,1-5H3,(H,39,45)(H,40,43)/t27-,28-,30?,31+,34?/m0/s1. The van der Waals surface area contributed by atoms with Crippen molar-refractivity contribution in [2.75, 3.05) is 19.7 Å². The van der Waals surface area contributed by atoms with Crippen molar-refractivity contribution in [3.63, 3.8) is 0 Å². The number of hydrogen-bond acceptors (Lipinski definition) is 7. The number of amides is 3. The number of Topliss-reactive ketones (excluding diaryl/α,β-unsaturated/α-hetero) is 1. The number of nitrogens with one attached hydrogen (secondary N) is 2. The molecule has 1 aliphatic rings. The van der Waals surface area contributed by atoms with Crippen LogP contribution in [0.1, 0.15) is 55.6 Å². The smallest absolute Gasteiger partial charge is 0.318 e. The molecule has 0 aliphatic carbocycles. The van der Waals surface area contributed by atoms with E-state index in [-0.39, 0.29) is 24.8 Å². The summed E-state index contributed by atoms with van der Waals surface area (Å²) in [7, 11) is 0. The number of urea groups is 1. The van der Waals surface area contributed by atoms with Crippen LogP contribution in [0.4, 0.5) is 4.79 Å². The van der Waals surface area contributed by atoms with Crippen LogP contribution in [0, 0.1) is 25.2 Å². The summed E-state index contributed by atoms with van der Waals surface area (Å²) in [6, 6.07) is 17.9. The Labute approximate surface area is 271 Å². The first kappa shape index (κ1) is 34.6. The molecule has 2 heterocycles. The van der Waals surface area contributed by atoms with Gasteiger partial charge in [0.25, 0.3) is 5.91 Å². The Bertz CT molecular complexity index is 1460. The molecule has 5 N–H and O–H groups in total. The first-order valence-corrected chi connectivity index (χ1v) is 15.8. The molecule has 10 heteroatoms. The molecule has 0 saturated carbocycles. The topological polar surface area (TPSA) is 147 Å². The molecule has 1 aromatic heterocycles. The van der Waals surface area contributed by atoms with Gasteiger partial charge in [-0.25, -0.2) is 4.79 Å². The fourth-order valence-electron chi connectivity index (χ4n) is 6.21. The van der Waals surface area contributed by atoms with Crippen molar-refractivity contribution in [2.24, 2.45) is 17.1 Å². The van der Waals surface area contributed by atoms with Gasteiger partial charge in [-0.05, 0) is 54.9 Å². The Morgan fingerprint density at radius 3 is 2.30 bits per heavy atom. The van der Waals surface area contributed by atoms with Gasteiger partial charge in [-0.2, -0.15) is 0 Å². The highest BCUT2D eigenvalue weighted by Gasteiger charge is 2.44. The molecule has 3 amide bonds. The van der Waals surface area contributed by atoms with Crippen molar-refractivity contribution >= 4 is 17.7 Å². The summed E-state index contributed by atoms with van der Waals surface area (Å²) in [6.45, 7) is 10.1. The summed E-state index contributed by atoms with van der Waals surface area (Å²) in [5.74, 6) is -0.758. The van der Waals surface area contributed by atoms with E-state index in [1.165, 1.54) is 0 Å². The molecule has 10 nitrogen and oxygen atoms in total. The van der Waals surface area contributed by atoms with E-state index in [2.05, 4.69) is 15.6 Å². The number of nitrogens with zero attached hydrogens (tertiary/aromatic N) is 2. The zero-order chi connectivity index (χ0) is 33.4. The highest BCUT2D eigenvalue weighted by molar-refractivity contribution is 5.91. The largest absolute Gasteiger partial charge is 0.482 e. The summed E-state index contributed by atoms with van der Waals surface area (Å²) in [6.07, 6.45) is 0.842. The molecule has 0 radical (unpaired) electrons. The van der Waals surface area contributed by atoms with E-state index in [4.69, 9.17) is 10.5 Å². The fourth-order valence-corrected chi connectivity index (χ4v) is 6.21. The summed E-state index contributed by atoms with van der Waals surface area (Å²) < 4.78 is 5.84. The van der Waals surface area contributed by atoms with Crippen LogP contribution in [0.2, 0.25) is 0 Å². The summed E-state index contributed by atoms with van der Waals surface area (Å²) in [5.41, 5.74) is 9.32. The predicted molar refractivity (Wildman–Crippen MR) is 177 cm³/mol. The van der Waals surface area contributed by atoms with Crippen molar-refractivity contribution in [3.05, 3.63) is 95.3 Å². The monoisotopic (exact) mass is 629 g/mol. The minimum absolute atomic E-state index is 0.0168. The van der Waals surface area contributed by atoms with Gasteiger partial charge in [0.05, 0.1) is 29.9 Å². The number of aromatic nitrogens is 1. The number of rotatable bonds is 14. The Morgan fingerprint density at radius 2 is 1.72 bits per heavy atom. The van der Waals surface area contributed by atoms with Crippen LogP contribution in [0.3, 0.4) is 0 Å². The van der Waals surface area contributed by atoms with Gasteiger partial charge in [-0.1, -0.05) is 81.4 Å². The summed E-state index contributed by atoms with van der Waals surface area (Å²) in [5, 5.41) is 17.6. The molecule has 1 fully saturated rings. The highest BCUT2D eigenvalue weighted by atomic mass is 16.5. The number of aliphatic hydroxyl groups excluding tert-OH is 1. The number of aliphatic hydroxyl groups is 1. The zero-order valence-corrected chi connectivity index (χ0v) is 27.4. The van der Waals surface area contributed by atoms with Crippen LogP contribution >= 0.6 is 0 Å². The number of nitrogens with two attached hydrogens (primary N) is 1. The van der Waals surface area contributed by atoms with Crippen LogP contribution in [-0.4, -0.2) is 70.6 Å². The lowest BCUT2D eigenvalue weighted by Crippen LogP contribution is -2.55. The average Bonchev–Trinajstić information content (AvgIpc) is 3.43. The Kier molecular flexibility index (Phi) is 11.5. The normalized spacial score (nSPS) is 16.6. The Hall–Kier alpha value is -4.28. The lowest BCUT2D eigenvalue weighted by atomic mass is 9.75. The highest BCUT2D eigenvalue weighted by Crippen LogP contribution is 2.32. The van der Waals surface area contributed by atoms with Gasteiger partial charge in [-0.3, -0.25) is 14.6 Å². The third-order valence-electron chi connectivity index (χ3n) is 8.49. The molecule has 1 saturated heterocycles. The van der Waals surface area contributed by atoms with E-state index in [0.29, 0.717) is 31.0 Å². The molecule has 46 heavy (non-hydrogen) atoms. The van der Waals surface area contributed by atoms with Crippen LogP contribution in [0.5, 0.6) is 5.75 Å². The van der Waals surface area contributed by atoms with Crippen molar-refractivity contribution in [3.8, 4) is 5.75 Å². The second-order valence-electron chi connectivity index (χ2n) is 13.1. The van der Waals surface area contributed by atoms with E-state index in [9.17, 15) is 19.5 Å². The molecular formula is C36H47N5O5. The van der Waals surface area contributed by atoms with E-state index in [1.54, 1.807) is 24.1 Å². The SMILES string of the molecule is Cc1ccnc(C)c1OCC(=O)N[C@@H](C(N)c1ccccc1)[C@@H](O)C[C@H](Cc1ccccc1)C(=O)C(N1CCNC1=O)C(C)(C)C. The fraction of sp³-hybridized carbons (Fsp3) is 0.444. The average molecular weight is 630 g/mol. The minimum atomic E-state index is -1.20. The van der Waals surface area contributed by atoms with Gasteiger partial charge in [0, 0.05) is 25.2 Å². The molecule has 246 valence electrons. The summed E-state index contributed by atoms with van der Waals surface area (Å²) in [4.78, 5) is 46.4. The number of ether oxygens (including phenoxy) is 1. The molecular weight excluding hydrogens is 582 g/mol. The predicted octanol–water partition coefficient (Wildman–Crippen LogP) is 3.88. The van der Waals surface area contributed by atoms with Crippen LogP contribution in [0.15, 0.2) is 72.9 Å². The van der Waals surface area contributed by atoms with Gasteiger partial charge in [0.2, 0.25) is 0 Å². The molecule has 1 aliphatic heterocycles. The van der Waals surface area contributed by atoms with Crippen molar-refractivity contribution < 1.29 is 24.2 Å². The van der Waals surface area contributed by atoms with Gasteiger partial charge < -0.3 is 31.1 Å². The lowest BCUT2D eigenvalue weighted by molar-refractivity contribution is -0.131. The number of hydrogen-bond donors (Lipinski definition) is 4. The number of pyridine rings is 1. The maximum absolute atomic E-state index is 14.5. The maximum Gasteiger partial charge on any atom is 0.318 e. The number of carbonyl (C=O) groups is 3. The van der Waals surface area contributed by atoms with Crippen molar-refractivity contribution in [2.45, 2.75) is 71.7 Å². The molecule has 2 unspecified atom stereocenters. The van der Waals surface area contributed by atoms with Crippen LogP contribution in [0.25, 0.3) is 0 Å². The van der Waals surface area contributed by atoms with Gasteiger partial charge in [0.15, 0.2) is 12.4 Å². The number of ketones is 1. The lowest BCUT2D eigenvalue weighted by Gasteiger charge is -2.39. The molecule has 3 aromatic rings. The van der Waals surface area contributed by atoms with Gasteiger partial charge in [-0.15, -0.1) is 0 Å². The number of benzene rings is 2. The first-order valence-electron chi connectivity index (χ1n) is 15.8. The zero-order valence-electron chi connectivity index (χ0n) is 27.4. The third kappa shape index (κ3) is 8.70. The van der Waals surface area contributed by atoms with E-state index < -0.39 is 41.5 Å². The third-order valence-corrected chi connectivity index (χ3v) is 8.49. The Balaban J connectivity index is 1.62. The van der Waals surface area contributed by atoms with Crippen LogP contribution < -0.4 is 21.1 Å². The second kappa shape index (κ2) is 15.3. The first-order chi connectivity index (χ1) is 21.9.